The van der Waals surface area contributed by atoms with Crippen molar-refractivity contribution in [1.29, 1.82) is 5.26 Å². The van der Waals surface area contributed by atoms with Crippen LogP contribution in [0.1, 0.15) is 33.5 Å². The topological polar surface area (TPSA) is 70.1 Å². The minimum Gasteiger partial charge on any atom is -0.405 e. The van der Waals surface area contributed by atoms with Crippen molar-refractivity contribution in [3.8, 4) is 17.2 Å². The molecule has 10 heteroatoms. The van der Waals surface area contributed by atoms with E-state index < -0.39 is 35.0 Å². The van der Waals surface area contributed by atoms with Crippen LogP contribution in [0.15, 0.2) is 73.0 Å². The lowest BCUT2D eigenvalue weighted by molar-refractivity contribution is -0.143. The number of benzene rings is 2. The van der Waals surface area contributed by atoms with E-state index in [4.69, 9.17) is 5.73 Å². The number of likely N-dealkylation sites (tertiary alicyclic amines) is 1. The van der Waals surface area contributed by atoms with Crippen LogP contribution in [0.4, 0.5) is 26.3 Å². The summed E-state index contributed by atoms with van der Waals surface area (Å²) in [4.78, 5) is 14.6. The molecule has 1 amide bonds. The minimum absolute atomic E-state index is 0.0169. The number of carbonyl (C=O) groups excluding carboxylic acids is 1. The van der Waals surface area contributed by atoms with Gasteiger partial charge in [0.1, 0.15) is 0 Å². The van der Waals surface area contributed by atoms with E-state index in [1.54, 1.807) is 29.2 Å². The lowest BCUT2D eigenvalue weighted by Gasteiger charge is -2.18. The molecule has 1 atom stereocenters. The van der Waals surface area contributed by atoms with Crippen molar-refractivity contribution in [2.24, 2.45) is 11.7 Å². The van der Waals surface area contributed by atoms with Gasteiger partial charge < -0.3 is 10.6 Å². The molecule has 0 bridgehead atoms. The van der Waals surface area contributed by atoms with E-state index in [2.05, 4.69) is 6.58 Å². The predicted molar refractivity (Wildman–Crippen MR) is 122 cm³/mol. The summed E-state index contributed by atoms with van der Waals surface area (Å²) in [6.45, 7) is 4.57. The molecule has 1 aliphatic rings. The molecule has 188 valence electrons. The first kappa shape index (κ1) is 26.6. The van der Waals surface area contributed by atoms with E-state index in [0.29, 0.717) is 31.6 Å². The van der Waals surface area contributed by atoms with Gasteiger partial charge in [-0.25, -0.2) is 0 Å². The van der Waals surface area contributed by atoms with Crippen LogP contribution >= 0.6 is 0 Å². The summed E-state index contributed by atoms with van der Waals surface area (Å²) in [7, 11) is 0. The second-order valence-corrected chi connectivity index (χ2v) is 8.16. The first-order chi connectivity index (χ1) is 16.9. The van der Waals surface area contributed by atoms with E-state index in [9.17, 15) is 36.4 Å². The van der Waals surface area contributed by atoms with Crippen molar-refractivity contribution < 1.29 is 31.1 Å². The van der Waals surface area contributed by atoms with Gasteiger partial charge in [0.05, 0.1) is 22.8 Å². The van der Waals surface area contributed by atoms with Gasteiger partial charge in [-0.15, -0.1) is 0 Å². The third kappa shape index (κ3) is 5.79. The predicted octanol–water partition coefficient (Wildman–Crippen LogP) is 6.31. The van der Waals surface area contributed by atoms with Crippen LogP contribution in [0.2, 0.25) is 0 Å². The van der Waals surface area contributed by atoms with Gasteiger partial charge in [0.25, 0.3) is 5.91 Å². The van der Waals surface area contributed by atoms with Crippen molar-refractivity contribution in [3.63, 3.8) is 0 Å². The number of hydrogen-bond acceptors (Lipinski definition) is 3. The Morgan fingerprint density at radius 2 is 1.72 bits per heavy atom. The summed E-state index contributed by atoms with van der Waals surface area (Å²) < 4.78 is 79.5. The molecule has 0 aromatic heterocycles. The maximum atomic E-state index is 13.3. The summed E-state index contributed by atoms with van der Waals surface area (Å²) in [6.07, 6.45) is -2.90. The second kappa shape index (κ2) is 10.3. The van der Waals surface area contributed by atoms with Crippen molar-refractivity contribution in [3.05, 3.63) is 95.2 Å². The van der Waals surface area contributed by atoms with Gasteiger partial charge in [0.2, 0.25) is 0 Å². The molecule has 0 saturated carbocycles. The van der Waals surface area contributed by atoms with Gasteiger partial charge in [-0.3, -0.25) is 4.79 Å². The third-order valence-corrected chi connectivity index (χ3v) is 5.87. The average molecular weight is 505 g/mol. The maximum absolute atomic E-state index is 13.3. The zero-order chi connectivity index (χ0) is 26.7. The van der Waals surface area contributed by atoms with Crippen LogP contribution < -0.4 is 5.73 Å². The molecule has 1 saturated heterocycles. The molecule has 2 N–H and O–H groups in total. The quantitative estimate of drug-likeness (QED) is 0.383. The fourth-order valence-electron chi connectivity index (χ4n) is 4.07. The fraction of sp³-hybridized carbons (Fsp3) is 0.231. The molecular weight excluding hydrogens is 484 g/mol. The summed E-state index contributed by atoms with van der Waals surface area (Å²) in [5.74, 6) is -0.387. The van der Waals surface area contributed by atoms with E-state index >= 15 is 0 Å². The first-order valence-corrected chi connectivity index (χ1v) is 10.7. The van der Waals surface area contributed by atoms with E-state index in [0.717, 1.165) is 5.57 Å². The van der Waals surface area contributed by atoms with Crippen LogP contribution in [0, 0.1) is 17.2 Å². The average Bonchev–Trinajstić information content (AvgIpc) is 3.32. The molecule has 3 rings (SSSR count). The van der Waals surface area contributed by atoms with Crippen molar-refractivity contribution in [1.82, 2.24) is 4.90 Å². The number of hydrogen-bond donors (Lipinski definition) is 1. The summed E-state index contributed by atoms with van der Waals surface area (Å²) in [6, 6.07) is 6.57. The number of nitrogens with zero attached hydrogens (tertiary/aromatic N) is 2. The monoisotopic (exact) mass is 505 g/mol. The number of nitriles is 1. The van der Waals surface area contributed by atoms with Crippen molar-refractivity contribution >= 4 is 5.91 Å². The van der Waals surface area contributed by atoms with Gasteiger partial charge >= 0.3 is 12.4 Å². The molecular formula is C26H21F6N3O. The molecule has 1 aliphatic heterocycles. The van der Waals surface area contributed by atoms with Crippen LogP contribution in [-0.4, -0.2) is 23.9 Å². The minimum atomic E-state index is -5.02. The van der Waals surface area contributed by atoms with Gasteiger partial charge in [-0.2, -0.15) is 31.6 Å². The lowest BCUT2D eigenvalue weighted by atomic mass is 9.94. The molecule has 1 heterocycles. The Kier molecular flexibility index (Phi) is 7.62. The number of carbonyl (C=O) groups is 1. The zero-order valence-corrected chi connectivity index (χ0v) is 18.8. The number of halogens is 6. The highest BCUT2D eigenvalue weighted by molar-refractivity contribution is 5.95. The molecule has 1 fully saturated rings. The summed E-state index contributed by atoms with van der Waals surface area (Å²) in [5.41, 5.74) is 2.58. The normalized spacial score (nSPS) is 16.9. The lowest BCUT2D eigenvalue weighted by Crippen LogP contribution is -2.29. The molecule has 2 aromatic rings. The molecule has 36 heavy (non-hydrogen) atoms. The molecule has 2 aromatic carbocycles. The smallest absolute Gasteiger partial charge is 0.405 e. The Labute approximate surface area is 203 Å². The van der Waals surface area contributed by atoms with Gasteiger partial charge in [-0.05, 0) is 65.7 Å². The molecule has 1 unspecified atom stereocenters. The standard InChI is InChI=1S/C26H21F6N3O/c1-2-16(4-3-8-33)18-7-9-35(15-18)24(36)17-5-6-23(20(10-17)14-34)19-11-21(25(27,28)29)13-22(12-19)26(30,31)32/h2-6,8,10-13,18H,1,7,9,15,33H2/b8-3-,16-4+. The number of allylic oxidation sites excluding steroid dienone is 3. The Hall–Kier alpha value is -4.00. The van der Waals surface area contributed by atoms with Crippen LogP contribution in [0.5, 0.6) is 0 Å². The zero-order valence-electron chi connectivity index (χ0n) is 18.8. The second-order valence-electron chi connectivity index (χ2n) is 8.16. The Morgan fingerprint density at radius 3 is 2.25 bits per heavy atom. The fourth-order valence-corrected chi connectivity index (χ4v) is 4.07. The summed E-state index contributed by atoms with van der Waals surface area (Å²) in [5, 5.41) is 9.58. The van der Waals surface area contributed by atoms with Crippen molar-refractivity contribution in [2.75, 3.05) is 13.1 Å². The highest BCUT2D eigenvalue weighted by Gasteiger charge is 2.37. The Bertz CT molecular complexity index is 1240. The van der Waals surface area contributed by atoms with Crippen LogP contribution in [0.25, 0.3) is 11.1 Å². The number of amides is 1. The SMILES string of the molecule is C=C/C(=C\C=C/N)C1CCN(C(=O)c2ccc(-c3cc(C(F)(F)F)cc(C(F)(F)F)c3)c(C#N)c2)C1. The number of rotatable bonds is 5. The highest BCUT2D eigenvalue weighted by atomic mass is 19.4. The number of alkyl halides is 6. The van der Waals surface area contributed by atoms with Gasteiger partial charge in [0.15, 0.2) is 0 Å². The third-order valence-electron chi connectivity index (χ3n) is 5.87. The van der Waals surface area contributed by atoms with E-state index in [1.165, 1.54) is 24.4 Å². The van der Waals surface area contributed by atoms with Crippen LogP contribution in [0.3, 0.4) is 0 Å². The molecule has 0 spiro atoms. The largest absolute Gasteiger partial charge is 0.416 e. The van der Waals surface area contributed by atoms with Gasteiger partial charge in [-0.1, -0.05) is 24.8 Å². The van der Waals surface area contributed by atoms with Crippen LogP contribution in [-0.2, 0) is 12.4 Å². The van der Waals surface area contributed by atoms with Crippen molar-refractivity contribution in [2.45, 2.75) is 18.8 Å². The van der Waals surface area contributed by atoms with E-state index in [1.807, 2.05) is 0 Å². The van der Waals surface area contributed by atoms with E-state index in [-0.39, 0.29) is 28.7 Å². The summed E-state index contributed by atoms with van der Waals surface area (Å²) >= 11 is 0. The maximum Gasteiger partial charge on any atom is 0.416 e. The molecule has 0 radical (unpaired) electrons. The molecule has 4 nitrogen and oxygen atoms in total. The highest BCUT2D eigenvalue weighted by Crippen LogP contribution is 2.39. The van der Waals surface area contributed by atoms with Gasteiger partial charge in [0, 0.05) is 24.6 Å². The Morgan fingerprint density at radius 1 is 1.08 bits per heavy atom. The Balaban J connectivity index is 1.95. The number of nitrogens with two attached hydrogens (primary N) is 1. The first-order valence-electron chi connectivity index (χ1n) is 10.7. The molecule has 0 aliphatic carbocycles.